The number of hydrogen-bond acceptors (Lipinski definition) is 2. The Kier molecular flexibility index (Phi) is 0.943. The lowest BCUT2D eigenvalue weighted by Gasteiger charge is -2.34. The van der Waals surface area contributed by atoms with Crippen molar-refractivity contribution in [2.24, 2.45) is 5.41 Å². The summed E-state index contributed by atoms with van der Waals surface area (Å²) in [7, 11) is 0. The average Bonchev–Trinajstić information content (AvgIpc) is 2.12. The molecule has 49 valence electrons. The first kappa shape index (κ1) is 5.42. The van der Waals surface area contributed by atoms with Crippen LogP contribution in [0, 0.1) is 11.8 Å². The fraction of sp³-hybridized carbons (Fsp3) is 0.714. The first-order chi connectivity index (χ1) is 4.31. The van der Waals surface area contributed by atoms with Gasteiger partial charge in [0.05, 0.1) is 0 Å². The maximum atomic E-state index is 10.6. The zero-order valence-electron chi connectivity index (χ0n) is 5.31. The average molecular weight is 124 g/mol. The predicted molar refractivity (Wildman–Crippen MR) is 33.8 cm³/mol. The monoisotopic (exact) mass is 124 g/mol. The Labute approximate surface area is 54.6 Å². The fourth-order valence-corrected chi connectivity index (χ4v) is 1.70. The second kappa shape index (κ2) is 1.57. The lowest BCUT2D eigenvalue weighted by Crippen LogP contribution is -2.39. The van der Waals surface area contributed by atoms with Crippen molar-refractivity contribution < 1.29 is 4.79 Å². The molecule has 1 unspecified atom stereocenters. The molecule has 1 aliphatic carbocycles. The topological polar surface area (TPSA) is 29.1 Å². The van der Waals surface area contributed by atoms with Crippen LogP contribution in [0.2, 0.25) is 0 Å². The summed E-state index contributed by atoms with van der Waals surface area (Å²) in [6.45, 7) is 2.11. The van der Waals surface area contributed by atoms with Gasteiger partial charge in [-0.15, -0.1) is 0 Å². The molecule has 1 spiro atoms. The molecule has 1 saturated heterocycles. The summed E-state index contributed by atoms with van der Waals surface area (Å²) in [5.74, 6) is 0.332. The van der Waals surface area contributed by atoms with Gasteiger partial charge in [-0.05, 0) is 13.0 Å². The molecule has 1 atom stereocenters. The molecule has 0 aromatic carbocycles. The summed E-state index contributed by atoms with van der Waals surface area (Å²) < 4.78 is 0. The van der Waals surface area contributed by atoms with Crippen LogP contribution in [0.1, 0.15) is 12.8 Å². The molecule has 2 heteroatoms. The third kappa shape index (κ3) is 0.697. The zero-order chi connectivity index (χ0) is 6.32. The maximum absolute atomic E-state index is 10.6. The van der Waals surface area contributed by atoms with Crippen LogP contribution in [0.5, 0.6) is 0 Å². The van der Waals surface area contributed by atoms with E-state index in [4.69, 9.17) is 0 Å². The van der Waals surface area contributed by atoms with Crippen LogP contribution < -0.4 is 5.32 Å². The SMILES string of the molecule is O=C1[CH]C2(CCNC2)C1. The highest BCUT2D eigenvalue weighted by atomic mass is 16.1. The second-order valence-electron chi connectivity index (χ2n) is 3.08. The number of carbonyl (C=O) groups is 1. The van der Waals surface area contributed by atoms with Gasteiger partial charge >= 0.3 is 0 Å². The van der Waals surface area contributed by atoms with Crippen LogP contribution in [0.3, 0.4) is 0 Å². The summed E-state index contributed by atoms with van der Waals surface area (Å²) in [6.07, 6.45) is 3.84. The van der Waals surface area contributed by atoms with Crippen molar-refractivity contribution in [2.45, 2.75) is 12.8 Å². The van der Waals surface area contributed by atoms with Gasteiger partial charge in [0.25, 0.3) is 0 Å². The Balaban J connectivity index is 2.03. The van der Waals surface area contributed by atoms with E-state index in [2.05, 4.69) is 5.32 Å². The molecule has 1 saturated carbocycles. The van der Waals surface area contributed by atoms with Crippen molar-refractivity contribution >= 4 is 5.78 Å². The molecular formula is C7H10NO. The highest BCUT2D eigenvalue weighted by molar-refractivity contribution is 5.95. The van der Waals surface area contributed by atoms with Crippen LogP contribution >= 0.6 is 0 Å². The number of Topliss-reactive ketones (excluding diaryl/α,β-unsaturated/α-hetero) is 1. The van der Waals surface area contributed by atoms with Crippen LogP contribution in [0.4, 0.5) is 0 Å². The third-order valence-electron chi connectivity index (χ3n) is 2.27. The van der Waals surface area contributed by atoms with Crippen molar-refractivity contribution in [2.75, 3.05) is 13.1 Å². The Morgan fingerprint density at radius 2 is 2.44 bits per heavy atom. The second-order valence-corrected chi connectivity index (χ2v) is 3.08. The Morgan fingerprint density at radius 1 is 1.67 bits per heavy atom. The molecule has 0 bridgehead atoms. The number of carbonyl (C=O) groups excluding carboxylic acids is 1. The van der Waals surface area contributed by atoms with Crippen molar-refractivity contribution in [1.29, 1.82) is 0 Å². The molecule has 2 rings (SSSR count). The standard InChI is InChI=1S/C7H10NO/c9-6-3-7(4-6)1-2-8-5-7/h3,8H,1-2,4-5H2. The van der Waals surface area contributed by atoms with Gasteiger partial charge in [0, 0.05) is 24.8 Å². The molecule has 2 aliphatic rings. The number of ketones is 1. The minimum Gasteiger partial charge on any atom is -0.316 e. The van der Waals surface area contributed by atoms with E-state index in [1.807, 2.05) is 6.42 Å². The summed E-state index contributed by atoms with van der Waals surface area (Å²) in [5, 5.41) is 3.25. The van der Waals surface area contributed by atoms with E-state index in [-0.39, 0.29) is 0 Å². The van der Waals surface area contributed by atoms with E-state index in [0.717, 1.165) is 19.5 Å². The Hall–Kier alpha value is -0.370. The Bertz CT molecular complexity index is 137. The predicted octanol–water partition coefficient (Wildman–Crippen LogP) is 0.143. The molecule has 2 nitrogen and oxygen atoms in total. The van der Waals surface area contributed by atoms with Gasteiger partial charge in [0.2, 0.25) is 0 Å². The van der Waals surface area contributed by atoms with Crippen molar-refractivity contribution in [3.8, 4) is 0 Å². The molecule has 0 amide bonds. The Morgan fingerprint density at radius 3 is 2.89 bits per heavy atom. The zero-order valence-corrected chi connectivity index (χ0v) is 5.31. The van der Waals surface area contributed by atoms with E-state index >= 15 is 0 Å². The fourth-order valence-electron chi connectivity index (χ4n) is 1.70. The number of nitrogens with one attached hydrogen (secondary N) is 1. The maximum Gasteiger partial charge on any atom is 0.137 e. The van der Waals surface area contributed by atoms with Crippen molar-refractivity contribution in [1.82, 2.24) is 5.32 Å². The van der Waals surface area contributed by atoms with Crippen molar-refractivity contribution in [3.05, 3.63) is 6.42 Å². The van der Waals surface area contributed by atoms with Gasteiger partial charge in [-0.2, -0.15) is 0 Å². The van der Waals surface area contributed by atoms with E-state index in [1.54, 1.807) is 0 Å². The van der Waals surface area contributed by atoms with Gasteiger partial charge in [-0.3, -0.25) is 4.79 Å². The van der Waals surface area contributed by atoms with Crippen molar-refractivity contribution in [3.63, 3.8) is 0 Å². The highest BCUT2D eigenvalue weighted by Gasteiger charge is 2.45. The van der Waals surface area contributed by atoms with Gasteiger partial charge in [0.1, 0.15) is 5.78 Å². The van der Waals surface area contributed by atoms with E-state index in [0.29, 0.717) is 11.2 Å². The van der Waals surface area contributed by atoms with E-state index < -0.39 is 0 Å². The molecule has 9 heavy (non-hydrogen) atoms. The molecule has 0 aromatic heterocycles. The lowest BCUT2D eigenvalue weighted by atomic mass is 9.67. The van der Waals surface area contributed by atoms with E-state index in [1.165, 1.54) is 6.42 Å². The minimum atomic E-state index is 0.303. The normalized spacial score (nSPS) is 30.9. The summed E-state index contributed by atoms with van der Waals surface area (Å²) >= 11 is 0. The van der Waals surface area contributed by atoms with Crippen LogP contribution in [0.15, 0.2) is 0 Å². The summed E-state index contributed by atoms with van der Waals surface area (Å²) in [6, 6.07) is 0. The van der Waals surface area contributed by atoms with Crippen LogP contribution in [-0.4, -0.2) is 18.9 Å². The minimum absolute atomic E-state index is 0.303. The first-order valence-electron chi connectivity index (χ1n) is 3.40. The molecule has 1 radical (unpaired) electrons. The van der Waals surface area contributed by atoms with Gasteiger partial charge < -0.3 is 5.32 Å². The molecule has 1 N–H and O–H groups in total. The van der Waals surface area contributed by atoms with Crippen LogP contribution in [0.25, 0.3) is 0 Å². The highest BCUT2D eigenvalue weighted by Crippen LogP contribution is 2.41. The smallest absolute Gasteiger partial charge is 0.137 e. The first-order valence-corrected chi connectivity index (χ1v) is 3.40. The van der Waals surface area contributed by atoms with Gasteiger partial charge in [-0.25, -0.2) is 0 Å². The third-order valence-corrected chi connectivity index (χ3v) is 2.27. The molecule has 1 heterocycles. The molecule has 2 fully saturated rings. The molecule has 1 aliphatic heterocycles. The lowest BCUT2D eigenvalue weighted by molar-refractivity contribution is -0.124. The number of hydrogen-bond donors (Lipinski definition) is 1. The van der Waals surface area contributed by atoms with Crippen LogP contribution in [-0.2, 0) is 4.79 Å². The van der Waals surface area contributed by atoms with Gasteiger partial charge in [-0.1, -0.05) is 0 Å². The summed E-state index contributed by atoms with van der Waals surface area (Å²) in [5.41, 5.74) is 0.303. The van der Waals surface area contributed by atoms with E-state index in [9.17, 15) is 4.79 Å². The molecule has 0 aromatic rings. The quantitative estimate of drug-likeness (QED) is 0.498. The molecular weight excluding hydrogens is 114 g/mol. The number of rotatable bonds is 0. The summed E-state index contributed by atoms with van der Waals surface area (Å²) in [4.78, 5) is 10.6. The van der Waals surface area contributed by atoms with Gasteiger partial charge in [0.15, 0.2) is 0 Å². The largest absolute Gasteiger partial charge is 0.316 e.